The molecule has 7 nitrogen and oxygen atoms in total. The highest BCUT2D eigenvalue weighted by Crippen LogP contribution is 2.38. The van der Waals surface area contributed by atoms with Gasteiger partial charge in [-0.05, 0) is 55.8 Å². The molecule has 3 heterocycles. The molecule has 0 bridgehead atoms. The summed E-state index contributed by atoms with van der Waals surface area (Å²) >= 11 is 0. The lowest BCUT2D eigenvalue weighted by molar-refractivity contribution is 0.0734. The third-order valence-electron chi connectivity index (χ3n) is 4.80. The molecule has 2 aliphatic rings. The first-order valence-electron chi connectivity index (χ1n) is 9.25. The lowest BCUT2D eigenvalue weighted by atomic mass is 10.0. The molecule has 0 unspecified atom stereocenters. The summed E-state index contributed by atoms with van der Waals surface area (Å²) in [4.78, 5) is 25.3. The van der Waals surface area contributed by atoms with Crippen LogP contribution in [-0.4, -0.2) is 18.5 Å². The SMILES string of the molecule is Cc1ccc(/C=C2\Oc3cc(OC(=O)c4ccc5c(c4)OCO5)cc(C)c3C2=O)o1. The number of esters is 1. The monoisotopic (exact) mass is 404 g/mol. The van der Waals surface area contributed by atoms with Crippen LogP contribution in [-0.2, 0) is 0 Å². The van der Waals surface area contributed by atoms with Crippen LogP contribution in [0, 0.1) is 13.8 Å². The fraction of sp³-hybridized carbons (Fsp3) is 0.130. The van der Waals surface area contributed by atoms with Crippen molar-refractivity contribution in [2.45, 2.75) is 13.8 Å². The molecule has 0 atom stereocenters. The first-order chi connectivity index (χ1) is 14.5. The number of hydrogen-bond acceptors (Lipinski definition) is 7. The molecule has 0 spiro atoms. The molecule has 0 saturated carbocycles. The van der Waals surface area contributed by atoms with Crippen LogP contribution in [0.4, 0.5) is 0 Å². The lowest BCUT2D eigenvalue weighted by Gasteiger charge is -2.08. The Balaban J connectivity index is 1.40. The predicted molar refractivity (Wildman–Crippen MR) is 105 cm³/mol. The van der Waals surface area contributed by atoms with Gasteiger partial charge in [0.1, 0.15) is 23.0 Å². The van der Waals surface area contributed by atoms with E-state index in [1.165, 1.54) is 6.07 Å². The zero-order valence-electron chi connectivity index (χ0n) is 16.2. The number of aryl methyl sites for hydroxylation is 2. The van der Waals surface area contributed by atoms with Crippen molar-refractivity contribution in [2.75, 3.05) is 6.79 Å². The van der Waals surface area contributed by atoms with Crippen LogP contribution in [0.5, 0.6) is 23.0 Å². The maximum Gasteiger partial charge on any atom is 0.343 e. The minimum atomic E-state index is -0.557. The number of ether oxygens (including phenoxy) is 4. The van der Waals surface area contributed by atoms with Crippen LogP contribution >= 0.6 is 0 Å². The summed E-state index contributed by atoms with van der Waals surface area (Å²) in [6.07, 6.45) is 1.55. The van der Waals surface area contributed by atoms with Crippen molar-refractivity contribution in [1.82, 2.24) is 0 Å². The summed E-state index contributed by atoms with van der Waals surface area (Å²) in [5.41, 5.74) is 1.40. The van der Waals surface area contributed by atoms with Gasteiger partial charge in [0.2, 0.25) is 12.6 Å². The van der Waals surface area contributed by atoms with Crippen LogP contribution in [0.2, 0.25) is 0 Å². The van der Waals surface area contributed by atoms with Gasteiger partial charge in [-0.25, -0.2) is 4.79 Å². The lowest BCUT2D eigenvalue weighted by Crippen LogP contribution is -2.08. The summed E-state index contributed by atoms with van der Waals surface area (Å²) in [5.74, 6) is 2.30. The van der Waals surface area contributed by atoms with Crippen LogP contribution in [0.3, 0.4) is 0 Å². The van der Waals surface area contributed by atoms with Gasteiger partial charge in [0.15, 0.2) is 17.3 Å². The largest absolute Gasteiger partial charge is 0.462 e. The number of rotatable bonds is 3. The van der Waals surface area contributed by atoms with Gasteiger partial charge in [-0.1, -0.05) is 0 Å². The molecule has 5 rings (SSSR count). The van der Waals surface area contributed by atoms with E-state index in [0.29, 0.717) is 39.7 Å². The average molecular weight is 404 g/mol. The van der Waals surface area contributed by atoms with Crippen molar-refractivity contribution >= 4 is 17.8 Å². The molecule has 0 aliphatic carbocycles. The highest BCUT2D eigenvalue weighted by atomic mass is 16.7. The second-order valence-electron chi connectivity index (χ2n) is 6.96. The number of fused-ring (bicyclic) bond motifs is 2. The molecule has 1 aromatic heterocycles. The minimum absolute atomic E-state index is 0.122. The Hall–Kier alpha value is -4.00. The predicted octanol–water partition coefficient (Wildman–Crippen LogP) is 4.46. The molecular formula is C23H16O7. The van der Waals surface area contributed by atoms with E-state index in [9.17, 15) is 9.59 Å². The van der Waals surface area contributed by atoms with Crippen LogP contribution in [0.25, 0.3) is 6.08 Å². The van der Waals surface area contributed by atoms with Crippen molar-refractivity contribution in [1.29, 1.82) is 0 Å². The molecule has 30 heavy (non-hydrogen) atoms. The van der Waals surface area contributed by atoms with Gasteiger partial charge < -0.3 is 23.4 Å². The van der Waals surface area contributed by atoms with Crippen molar-refractivity contribution in [2.24, 2.45) is 0 Å². The second-order valence-corrected chi connectivity index (χ2v) is 6.96. The summed E-state index contributed by atoms with van der Waals surface area (Å²) in [5, 5.41) is 0. The molecule has 0 fully saturated rings. The first kappa shape index (κ1) is 18.1. The molecule has 0 N–H and O–H groups in total. The zero-order chi connectivity index (χ0) is 20.8. The van der Waals surface area contributed by atoms with Crippen molar-refractivity contribution in [3.63, 3.8) is 0 Å². The van der Waals surface area contributed by atoms with E-state index in [2.05, 4.69) is 0 Å². The molecule has 3 aromatic rings. The molecule has 2 aliphatic heterocycles. The third kappa shape index (κ3) is 3.10. The van der Waals surface area contributed by atoms with E-state index < -0.39 is 5.97 Å². The van der Waals surface area contributed by atoms with Gasteiger partial charge in [0.05, 0.1) is 11.1 Å². The number of furan rings is 1. The normalized spacial score (nSPS) is 15.3. The van der Waals surface area contributed by atoms with Gasteiger partial charge in [-0.2, -0.15) is 0 Å². The quantitative estimate of drug-likeness (QED) is 0.362. The fourth-order valence-corrected chi connectivity index (χ4v) is 3.39. The molecule has 2 aromatic carbocycles. The van der Waals surface area contributed by atoms with Gasteiger partial charge in [-0.3, -0.25) is 4.79 Å². The molecule has 0 radical (unpaired) electrons. The van der Waals surface area contributed by atoms with Gasteiger partial charge in [-0.15, -0.1) is 0 Å². The third-order valence-corrected chi connectivity index (χ3v) is 4.80. The smallest absolute Gasteiger partial charge is 0.343 e. The van der Waals surface area contributed by atoms with Gasteiger partial charge in [0.25, 0.3) is 0 Å². The number of Topliss-reactive ketones (excluding diaryl/α,β-unsaturated/α-hetero) is 1. The number of benzene rings is 2. The van der Waals surface area contributed by atoms with Gasteiger partial charge in [0, 0.05) is 12.1 Å². The number of carbonyl (C=O) groups is 2. The number of allylic oxidation sites excluding steroid dienone is 1. The maximum absolute atomic E-state index is 12.7. The first-order valence-corrected chi connectivity index (χ1v) is 9.25. The van der Waals surface area contributed by atoms with E-state index in [1.807, 2.05) is 6.92 Å². The summed E-state index contributed by atoms with van der Waals surface area (Å²) < 4.78 is 27.2. The minimum Gasteiger partial charge on any atom is -0.462 e. The van der Waals surface area contributed by atoms with E-state index in [1.54, 1.807) is 49.4 Å². The van der Waals surface area contributed by atoms with Crippen molar-refractivity contribution in [3.05, 3.63) is 76.4 Å². The topological polar surface area (TPSA) is 84.2 Å². The maximum atomic E-state index is 12.7. The highest BCUT2D eigenvalue weighted by Gasteiger charge is 2.30. The van der Waals surface area contributed by atoms with Gasteiger partial charge >= 0.3 is 5.97 Å². The molecule has 150 valence electrons. The molecule has 0 saturated heterocycles. The van der Waals surface area contributed by atoms with Crippen LogP contribution < -0.4 is 18.9 Å². The fourth-order valence-electron chi connectivity index (χ4n) is 3.39. The van der Waals surface area contributed by atoms with E-state index in [4.69, 9.17) is 23.4 Å². The Morgan fingerprint density at radius 1 is 1.00 bits per heavy atom. The van der Waals surface area contributed by atoms with Crippen molar-refractivity contribution in [3.8, 4) is 23.0 Å². The Bertz CT molecular complexity index is 1230. The summed E-state index contributed by atoms with van der Waals surface area (Å²) in [6, 6.07) is 11.5. The second kappa shape index (κ2) is 6.81. The number of ketones is 1. The zero-order valence-corrected chi connectivity index (χ0v) is 16.2. The summed E-state index contributed by atoms with van der Waals surface area (Å²) in [7, 11) is 0. The highest BCUT2D eigenvalue weighted by molar-refractivity contribution is 6.15. The molecule has 0 amide bonds. The number of carbonyl (C=O) groups excluding carboxylic acids is 2. The Kier molecular flexibility index (Phi) is 4.10. The standard InChI is InChI=1S/C23H16O7/c1-12-7-16(29-23(25)14-4-6-17-18(8-14)27-11-26-17)10-19-21(12)22(24)20(30-19)9-15-5-3-13(2)28-15/h3-10H,11H2,1-2H3/b20-9-. The van der Waals surface area contributed by atoms with E-state index in [0.717, 1.165) is 5.76 Å². The number of hydrogen-bond donors (Lipinski definition) is 0. The average Bonchev–Trinajstić information content (AvgIpc) is 3.41. The van der Waals surface area contributed by atoms with Crippen LogP contribution in [0.1, 0.15) is 37.8 Å². The van der Waals surface area contributed by atoms with E-state index in [-0.39, 0.29) is 24.1 Å². The van der Waals surface area contributed by atoms with Crippen molar-refractivity contribution < 1.29 is 33.0 Å². The molecular weight excluding hydrogens is 388 g/mol. The summed E-state index contributed by atoms with van der Waals surface area (Å²) in [6.45, 7) is 3.70. The van der Waals surface area contributed by atoms with E-state index >= 15 is 0 Å². The Morgan fingerprint density at radius 2 is 1.83 bits per heavy atom. The van der Waals surface area contributed by atoms with Crippen LogP contribution in [0.15, 0.2) is 52.6 Å². The molecule has 7 heteroatoms. The Labute approximate surface area is 171 Å². The Morgan fingerprint density at radius 3 is 2.63 bits per heavy atom.